The molecule has 0 aliphatic heterocycles. The van der Waals surface area contributed by atoms with Crippen molar-refractivity contribution >= 4 is 81.2 Å². The quantitative estimate of drug-likeness (QED) is 0.328. The standard InChI is InChI=1S/Al.ClH.K.H2O.4H/h;1H;;1H2;;;;. The summed E-state index contributed by atoms with van der Waals surface area (Å²) in [5.74, 6) is 0. The fraction of sp³-hybridized carbons (Fsp3) is 0. The molecule has 0 saturated heterocycles. The Kier molecular flexibility index (Phi) is 146. The first-order valence-electron chi connectivity index (χ1n) is 0. The number of rotatable bonds is 0. The van der Waals surface area contributed by atoms with Crippen LogP contribution in [0.3, 0.4) is 0 Å². The van der Waals surface area contributed by atoms with Gasteiger partial charge < -0.3 is 5.48 Å². The molecule has 4 heavy (non-hydrogen) atoms. The molecule has 1 nitrogen and oxygen atoms in total. The van der Waals surface area contributed by atoms with E-state index in [1.54, 1.807) is 0 Å². The van der Waals surface area contributed by atoms with Gasteiger partial charge in [0.2, 0.25) is 0 Å². The van der Waals surface area contributed by atoms with Crippen molar-refractivity contribution in [1.29, 1.82) is 0 Å². The molecule has 0 atom stereocenters. The average molecular weight is 125 g/mol. The fourth-order valence-electron chi connectivity index (χ4n) is 0. The Morgan fingerprint density at radius 1 is 1.00 bits per heavy atom. The molecule has 0 aromatic heterocycles. The zero-order chi connectivity index (χ0) is 0. The van der Waals surface area contributed by atoms with E-state index >= 15 is 0 Å². The summed E-state index contributed by atoms with van der Waals surface area (Å²) in [6.07, 6.45) is 0. The van der Waals surface area contributed by atoms with Crippen molar-refractivity contribution in [2.45, 2.75) is 0 Å². The van der Waals surface area contributed by atoms with Crippen LogP contribution >= 0.6 is 12.4 Å². The molecular weight excluding hydrogens is 118 g/mol. The summed E-state index contributed by atoms with van der Waals surface area (Å²) < 4.78 is 0. The van der Waals surface area contributed by atoms with E-state index in [9.17, 15) is 0 Å². The van der Waals surface area contributed by atoms with Gasteiger partial charge in [0, 0.05) is 0 Å². The first-order valence-corrected chi connectivity index (χ1v) is 0. The molecule has 0 radical (unpaired) electrons. The van der Waals surface area contributed by atoms with E-state index in [2.05, 4.69) is 0 Å². The third-order valence-electron chi connectivity index (χ3n) is 0. The van der Waals surface area contributed by atoms with Crippen LogP contribution in [0.4, 0.5) is 0 Å². The van der Waals surface area contributed by atoms with Gasteiger partial charge in [0.05, 0.1) is 0 Å². The van der Waals surface area contributed by atoms with Gasteiger partial charge in [-0.05, 0) is 0 Å². The molecular formula is H7AlClKO. The van der Waals surface area contributed by atoms with Crippen molar-refractivity contribution in [1.82, 2.24) is 0 Å². The molecule has 0 spiro atoms. The van der Waals surface area contributed by atoms with Gasteiger partial charge in [0.15, 0.2) is 17.4 Å². The van der Waals surface area contributed by atoms with E-state index < -0.39 is 0 Å². The number of hydrogen-bond donors (Lipinski definition) is 0. The summed E-state index contributed by atoms with van der Waals surface area (Å²) in [7, 11) is 0. The predicted molar refractivity (Wildman–Crippen MR) is 27.9 cm³/mol. The Morgan fingerprint density at radius 2 is 1.00 bits per heavy atom. The molecule has 0 aliphatic rings. The SMILES string of the molecule is Cl.O.[AlH3].[KH]. The Bertz CT molecular complexity index is 8.00. The molecule has 0 aliphatic carbocycles. The normalized spacial score (nSPS) is 0. The second-order valence-corrected chi connectivity index (χ2v) is 0. The van der Waals surface area contributed by atoms with Gasteiger partial charge >= 0.3 is 51.4 Å². The van der Waals surface area contributed by atoms with Crippen LogP contribution in [-0.4, -0.2) is 74.2 Å². The maximum absolute atomic E-state index is 0. The van der Waals surface area contributed by atoms with Crippen LogP contribution in [0.25, 0.3) is 0 Å². The molecule has 0 saturated carbocycles. The van der Waals surface area contributed by atoms with Crippen molar-refractivity contribution in [2.24, 2.45) is 0 Å². The minimum absolute atomic E-state index is 0. The first kappa shape index (κ1) is 32.2. The molecule has 0 bridgehead atoms. The first-order chi connectivity index (χ1) is 0. The summed E-state index contributed by atoms with van der Waals surface area (Å²) in [5, 5.41) is 0. The van der Waals surface area contributed by atoms with Crippen molar-refractivity contribution in [3.8, 4) is 0 Å². The Labute approximate surface area is 84.8 Å². The van der Waals surface area contributed by atoms with Crippen molar-refractivity contribution in [2.75, 3.05) is 0 Å². The van der Waals surface area contributed by atoms with Gasteiger partial charge in [-0.25, -0.2) is 0 Å². The van der Waals surface area contributed by atoms with E-state index in [1.807, 2.05) is 0 Å². The Hall–Kier alpha value is 2.42. The summed E-state index contributed by atoms with van der Waals surface area (Å²) in [4.78, 5) is 0. The molecule has 4 heteroatoms. The Balaban J connectivity index is 0. The van der Waals surface area contributed by atoms with E-state index in [0.717, 1.165) is 0 Å². The van der Waals surface area contributed by atoms with Gasteiger partial charge in [-0.15, -0.1) is 12.4 Å². The van der Waals surface area contributed by atoms with Crippen LogP contribution in [0.5, 0.6) is 0 Å². The molecule has 24 valence electrons. The minimum atomic E-state index is 0. The van der Waals surface area contributed by atoms with E-state index in [4.69, 9.17) is 0 Å². The van der Waals surface area contributed by atoms with Crippen LogP contribution in [-0.2, 0) is 0 Å². The van der Waals surface area contributed by atoms with Crippen LogP contribution in [0.15, 0.2) is 0 Å². The molecule has 0 amide bonds. The average Bonchev–Trinajstić information content (AvgIpc) is 0. The summed E-state index contributed by atoms with van der Waals surface area (Å²) >= 11 is 0. The molecule has 0 aromatic rings. The molecule has 0 heterocycles. The zero-order valence-corrected chi connectivity index (χ0v) is 1.72. The van der Waals surface area contributed by atoms with Crippen LogP contribution in [0.2, 0.25) is 0 Å². The molecule has 0 rings (SSSR count). The second kappa shape index (κ2) is 18.1. The molecule has 0 fully saturated rings. The number of halogens is 1. The zero-order valence-electron chi connectivity index (χ0n) is 0.908. The molecule has 0 aromatic carbocycles. The maximum atomic E-state index is 0. The monoisotopic (exact) mass is 124 g/mol. The van der Waals surface area contributed by atoms with E-state index in [-0.39, 0.29) is 86.6 Å². The van der Waals surface area contributed by atoms with Gasteiger partial charge in [-0.3, -0.25) is 0 Å². The number of hydrogen-bond acceptors (Lipinski definition) is 0. The van der Waals surface area contributed by atoms with Crippen molar-refractivity contribution in [3.05, 3.63) is 0 Å². The van der Waals surface area contributed by atoms with Gasteiger partial charge in [0.1, 0.15) is 0 Å². The van der Waals surface area contributed by atoms with E-state index in [1.165, 1.54) is 0 Å². The van der Waals surface area contributed by atoms with Crippen molar-refractivity contribution in [3.63, 3.8) is 0 Å². The third kappa shape index (κ3) is 8.83. The van der Waals surface area contributed by atoms with Gasteiger partial charge in [-0.1, -0.05) is 0 Å². The van der Waals surface area contributed by atoms with Crippen LogP contribution in [0, 0.1) is 0 Å². The van der Waals surface area contributed by atoms with E-state index in [0.29, 0.717) is 0 Å². The third-order valence-corrected chi connectivity index (χ3v) is 0. The predicted octanol–water partition coefficient (Wildman–Crippen LogP) is -2.24. The Morgan fingerprint density at radius 3 is 1.00 bits per heavy atom. The molecule has 2 N–H and O–H groups in total. The van der Waals surface area contributed by atoms with Gasteiger partial charge in [-0.2, -0.15) is 0 Å². The van der Waals surface area contributed by atoms with Crippen LogP contribution in [0.1, 0.15) is 0 Å². The van der Waals surface area contributed by atoms with Crippen molar-refractivity contribution < 1.29 is 5.48 Å². The topological polar surface area (TPSA) is 31.5 Å². The fourth-order valence-corrected chi connectivity index (χ4v) is 0. The summed E-state index contributed by atoms with van der Waals surface area (Å²) in [5.41, 5.74) is 0. The molecule has 0 unspecified atom stereocenters. The van der Waals surface area contributed by atoms with Crippen LogP contribution < -0.4 is 0 Å². The second-order valence-electron chi connectivity index (χ2n) is 0. The van der Waals surface area contributed by atoms with Gasteiger partial charge in [0.25, 0.3) is 0 Å². The summed E-state index contributed by atoms with van der Waals surface area (Å²) in [6, 6.07) is 0. The summed E-state index contributed by atoms with van der Waals surface area (Å²) in [6.45, 7) is 0.